The summed E-state index contributed by atoms with van der Waals surface area (Å²) in [6.45, 7) is 2.33. The number of nitrogens with zero attached hydrogens (tertiary/aromatic N) is 1. The highest BCUT2D eigenvalue weighted by Gasteiger charge is 2.23. The number of phenolic OH excluding ortho intramolecular Hbond substituents is 1. The van der Waals surface area contributed by atoms with Gasteiger partial charge in [0.2, 0.25) is 5.91 Å². The van der Waals surface area contributed by atoms with Gasteiger partial charge in [-0.25, -0.2) is 0 Å². The van der Waals surface area contributed by atoms with Crippen molar-refractivity contribution in [3.63, 3.8) is 0 Å². The normalized spacial score (nSPS) is 16.2. The van der Waals surface area contributed by atoms with Gasteiger partial charge in [0.15, 0.2) is 0 Å². The quantitative estimate of drug-likeness (QED) is 0.711. The zero-order valence-electron chi connectivity index (χ0n) is 14.8. The Labute approximate surface area is 163 Å². The number of aromatic hydroxyl groups is 1. The van der Waals surface area contributed by atoms with Gasteiger partial charge >= 0.3 is 0 Å². The van der Waals surface area contributed by atoms with Crippen molar-refractivity contribution in [2.24, 2.45) is 5.92 Å². The molecule has 1 aliphatic rings. The van der Waals surface area contributed by atoms with Gasteiger partial charge in [0, 0.05) is 35.9 Å². The van der Waals surface area contributed by atoms with Gasteiger partial charge in [-0.3, -0.25) is 9.59 Å². The van der Waals surface area contributed by atoms with Crippen LogP contribution in [0.2, 0.25) is 5.02 Å². The molecule has 7 heteroatoms. The lowest BCUT2D eigenvalue weighted by molar-refractivity contribution is -0.120. The number of hydrogen-bond acceptors (Lipinski definition) is 4. The number of halogens is 1. The number of benzene rings is 2. The van der Waals surface area contributed by atoms with Gasteiger partial charge in [-0.2, -0.15) is 0 Å². The highest BCUT2D eigenvalue weighted by Crippen LogP contribution is 2.24. The van der Waals surface area contributed by atoms with E-state index in [1.165, 1.54) is 24.3 Å². The van der Waals surface area contributed by atoms with Crippen LogP contribution in [0.25, 0.3) is 0 Å². The predicted molar refractivity (Wildman–Crippen MR) is 105 cm³/mol. The number of phenols is 1. The highest BCUT2D eigenvalue weighted by molar-refractivity contribution is 6.30. The molecule has 0 aliphatic carbocycles. The van der Waals surface area contributed by atoms with E-state index in [4.69, 9.17) is 11.6 Å². The maximum Gasteiger partial charge on any atom is 0.251 e. The third-order valence-corrected chi connectivity index (χ3v) is 4.86. The van der Waals surface area contributed by atoms with Gasteiger partial charge in [-0.1, -0.05) is 11.6 Å². The van der Waals surface area contributed by atoms with Crippen LogP contribution in [0.1, 0.15) is 16.8 Å². The summed E-state index contributed by atoms with van der Waals surface area (Å²) in [7, 11) is 0. The van der Waals surface area contributed by atoms with Crippen molar-refractivity contribution >= 4 is 29.1 Å². The minimum absolute atomic E-state index is 0.0761. The van der Waals surface area contributed by atoms with Crippen molar-refractivity contribution in [3.05, 3.63) is 59.1 Å². The number of hydrogen-bond donors (Lipinski definition) is 3. The molecule has 0 aromatic heterocycles. The van der Waals surface area contributed by atoms with E-state index in [0.717, 1.165) is 30.2 Å². The maximum atomic E-state index is 12.0. The molecule has 2 aromatic carbocycles. The molecule has 142 valence electrons. The van der Waals surface area contributed by atoms with Crippen molar-refractivity contribution < 1.29 is 14.7 Å². The number of rotatable bonds is 6. The Kier molecular flexibility index (Phi) is 6.19. The zero-order valence-corrected chi connectivity index (χ0v) is 15.6. The lowest BCUT2D eigenvalue weighted by atomic mass is 10.1. The van der Waals surface area contributed by atoms with E-state index in [9.17, 15) is 14.7 Å². The van der Waals surface area contributed by atoms with Crippen molar-refractivity contribution in [3.8, 4) is 5.75 Å². The maximum absolute atomic E-state index is 12.0. The second kappa shape index (κ2) is 8.77. The van der Waals surface area contributed by atoms with E-state index >= 15 is 0 Å². The Morgan fingerprint density at radius 2 is 1.78 bits per heavy atom. The van der Waals surface area contributed by atoms with Crippen molar-refractivity contribution in [1.82, 2.24) is 10.6 Å². The number of nitrogens with one attached hydrogen (secondary N) is 2. The molecule has 1 heterocycles. The second-order valence-electron chi connectivity index (χ2n) is 6.61. The van der Waals surface area contributed by atoms with E-state index in [-0.39, 0.29) is 24.1 Å². The fraction of sp³-hybridized carbons (Fsp3) is 0.300. The van der Waals surface area contributed by atoms with E-state index in [1.54, 1.807) is 0 Å². The van der Waals surface area contributed by atoms with Crippen LogP contribution in [-0.2, 0) is 4.79 Å². The molecule has 2 amide bonds. The highest BCUT2D eigenvalue weighted by atomic mass is 35.5. The Balaban J connectivity index is 1.38. The van der Waals surface area contributed by atoms with Crippen LogP contribution in [0.3, 0.4) is 0 Å². The summed E-state index contributed by atoms with van der Waals surface area (Å²) in [6, 6.07) is 13.6. The molecule has 1 fully saturated rings. The first kappa shape index (κ1) is 19.0. The van der Waals surface area contributed by atoms with Crippen LogP contribution in [0.4, 0.5) is 5.69 Å². The number of carbonyl (C=O) groups is 2. The summed E-state index contributed by atoms with van der Waals surface area (Å²) in [5.74, 6) is -0.0991. The average Bonchev–Trinajstić information content (AvgIpc) is 3.14. The largest absolute Gasteiger partial charge is 0.508 e. The van der Waals surface area contributed by atoms with Gasteiger partial charge < -0.3 is 20.6 Å². The molecule has 2 aromatic rings. The average molecular weight is 388 g/mol. The molecule has 27 heavy (non-hydrogen) atoms. The van der Waals surface area contributed by atoms with Crippen molar-refractivity contribution in [2.75, 3.05) is 31.1 Å². The van der Waals surface area contributed by atoms with Gasteiger partial charge in [0.1, 0.15) is 5.75 Å². The third-order valence-electron chi connectivity index (χ3n) is 4.60. The van der Waals surface area contributed by atoms with Crippen molar-refractivity contribution in [2.45, 2.75) is 6.42 Å². The Bertz CT molecular complexity index is 793. The molecule has 3 N–H and O–H groups in total. The summed E-state index contributed by atoms with van der Waals surface area (Å²) in [4.78, 5) is 26.2. The molecule has 0 bridgehead atoms. The molecule has 6 nitrogen and oxygen atoms in total. The van der Waals surface area contributed by atoms with Crippen LogP contribution in [0, 0.1) is 5.92 Å². The Morgan fingerprint density at radius 1 is 1.07 bits per heavy atom. The van der Waals surface area contributed by atoms with Crippen LogP contribution in [-0.4, -0.2) is 43.1 Å². The first-order valence-electron chi connectivity index (χ1n) is 8.86. The number of carbonyl (C=O) groups excluding carboxylic acids is 2. The van der Waals surface area contributed by atoms with Crippen LogP contribution < -0.4 is 15.5 Å². The fourth-order valence-electron chi connectivity index (χ4n) is 3.08. The first-order valence-corrected chi connectivity index (χ1v) is 9.23. The zero-order chi connectivity index (χ0) is 19.2. The molecule has 1 aliphatic heterocycles. The molecule has 1 atom stereocenters. The second-order valence-corrected chi connectivity index (χ2v) is 7.05. The van der Waals surface area contributed by atoms with Crippen molar-refractivity contribution in [1.29, 1.82) is 0 Å². The molecule has 1 unspecified atom stereocenters. The van der Waals surface area contributed by atoms with E-state index < -0.39 is 0 Å². The van der Waals surface area contributed by atoms with E-state index in [0.29, 0.717) is 18.0 Å². The Morgan fingerprint density at radius 3 is 2.48 bits per heavy atom. The molecular formula is C20H22ClN3O3. The summed E-state index contributed by atoms with van der Waals surface area (Å²) < 4.78 is 0. The van der Waals surface area contributed by atoms with Gasteiger partial charge in [-0.15, -0.1) is 0 Å². The standard InChI is InChI=1S/C20H22ClN3O3/c21-16-3-5-17(6-4-16)24-10-9-14(13-24)11-22-19(26)12-23-20(27)15-1-7-18(25)8-2-15/h1-8,14,25H,9-13H2,(H,22,26)(H,23,27). The van der Waals surface area contributed by atoms with E-state index in [1.807, 2.05) is 24.3 Å². The smallest absolute Gasteiger partial charge is 0.251 e. The van der Waals surface area contributed by atoms with Gasteiger partial charge in [0.25, 0.3) is 5.91 Å². The van der Waals surface area contributed by atoms with Crippen LogP contribution in [0.5, 0.6) is 5.75 Å². The molecule has 0 spiro atoms. The monoisotopic (exact) mass is 387 g/mol. The minimum atomic E-state index is -0.347. The first-order chi connectivity index (χ1) is 13.0. The lowest BCUT2D eigenvalue weighted by Crippen LogP contribution is -2.39. The summed E-state index contributed by atoms with van der Waals surface area (Å²) in [6.07, 6.45) is 1.00. The number of anilines is 1. The molecule has 0 saturated carbocycles. The SMILES string of the molecule is O=C(CNC(=O)c1ccc(O)cc1)NCC1CCN(c2ccc(Cl)cc2)C1. The third kappa shape index (κ3) is 5.37. The Hall–Kier alpha value is -2.73. The van der Waals surface area contributed by atoms with Crippen LogP contribution >= 0.6 is 11.6 Å². The molecule has 1 saturated heterocycles. The predicted octanol–water partition coefficient (Wildman–Crippen LogP) is 2.42. The lowest BCUT2D eigenvalue weighted by Gasteiger charge is -2.19. The number of amides is 2. The topological polar surface area (TPSA) is 81.7 Å². The molecule has 3 rings (SSSR count). The van der Waals surface area contributed by atoms with Gasteiger partial charge in [-0.05, 0) is 60.9 Å². The molecular weight excluding hydrogens is 366 g/mol. The summed E-state index contributed by atoms with van der Waals surface area (Å²) >= 11 is 5.92. The summed E-state index contributed by atoms with van der Waals surface area (Å²) in [5.41, 5.74) is 1.53. The van der Waals surface area contributed by atoms with Gasteiger partial charge in [0.05, 0.1) is 6.54 Å². The molecule has 0 radical (unpaired) electrons. The fourth-order valence-corrected chi connectivity index (χ4v) is 3.21. The summed E-state index contributed by atoms with van der Waals surface area (Å²) in [5, 5.41) is 15.4. The van der Waals surface area contributed by atoms with E-state index in [2.05, 4.69) is 15.5 Å². The van der Waals surface area contributed by atoms with Crippen LogP contribution in [0.15, 0.2) is 48.5 Å². The minimum Gasteiger partial charge on any atom is -0.508 e.